The summed E-state index contributed by atoms with van der Waals surface area (Å²) >= 11 is 5.25. The Bertz CT molecular complexity index is 749. The molecule has 1 aliphatic carbocycles. The molecule has 1 aromatic heterocycles. The molecule has 8 nitrogen and oxygen atoms in total. The summed E-state index contributed by atoms with van der Waals surface area (Å²) in [5.74, 6) is 0.757. The van der Waals surface area contributed by atoms with E-state index in [4.69, 9.17) is 12.2 Å². The lowest BCUT2D eigenvalue weighted by Crippen LogP contribution is -2.52. The SMILES string of the molecule is C[C@@H]1CCCC[C@H]1NC(=S)NNC(=O)Cn1nnc(-c2ccccc2)n1. The molecule has 0 spiro atoms. The van der Waals surface area contributed by atoms with Crippen LogP contribution in [0, 0.1) is 5.92 Å². The van der Waals surface area contributed by atoms with Gasteiger partial charge in [0.25, 0.3) is 5.91 Å². The van der Waals surface area contributed by atoms with Gasteiger partial charge in [-0.2, -0.15) is 4.80 Å². The van der Waals surface area contributed by atoms with Gasteiger partial charge in [-0.05, 0) is 36.2 Å². The van der Waals surface area contributed by atoms with Gasteiger partial charge in [0.1, 0.15) is 6.54 Å². The van der Waals surface area contributed by atoms with Gasteiger partial charge in [0.2, 0.25) is 5.82 Å². The highest BCUT2D eigenvalue weighted by Gasteiger charge is 2.21. The Balaban J connectivity index is 1.44. The molecule has 1 aliphatic rings. The Morgan fingerprint density at radius 3 is 2.77 bits per heavy atom. The summed E-state index contributed by atoms with van der Waals surface area (Å²) in [5, 5.41) is 15.8. The number of nitrogens with zero attached hydrogens (tertiary/aromatic N) is 4. The molecule has 1 aromatic carbocycles. The predicted octanol–water partition coefficient (Wildman–Crippen LogP) is 1.41. The number of rotatable bonds is 4. The second-order valence-corrected chi connectivity index (χ2v) is 6.93. The van der Waals surface area contributed by atoms with Crippen LogP contribution in [-0.4, -0.2) is 37.3 Å². The van der Waals surface area contributed by atoms with Gasteiger partial charge in [-0.3, -0.25) is 15.6 Å². The second kappa shape index (κ2) is 8.70. The lowest BCUT2D eigenvalue weighted by molar-refractivity contribution is -0.122. The molecule has 0 bridgehead atoms. The van der Waals surface area contributed by atoms with Crippen LogP contribution >= 0.6 is 12.2 Å². The van der Waals surface area contributed by atoms with E-state index in [0.717, 1.165) is 12.0 Å². The van der Waals surface area contributed by atoms with Crippen molar-refractivity contribution in [1.29, 1.82) is 0 Å². The fourth-order valence-corrected chi connectivity index (χ4v) is 3.25. The van der Waals surface area contributed by atoms with E-state index >= 15 is 0 Å². The Kier molecular flexibility index (Phi) is 6.11. The molecule has 0 radical (unpaired) electrons. The van der Waals surface area contributed by atoms with Crippen molar-refractivity contribution in [3.8, 4) is 11.4 Å². The molecule has 3 rings (SSSR count). The third-order valence-electron chi connectivity index (χ3n) is 4.51. The van der Waals surface area contributed by atoms with E-state index in [2.05, 4.69) is 38.5 Å². The lowest BCUT2D eigenvalue weighted by Gasteiger charge is -2.30. The fraction of sp³-hybridized carbons (Fsp3) is 0.471. The zero-order chi connectivity index (χ0) is 18.4. The van der Waals surface area contributed by atoms with Crippen molar-refractivity contribution in [3.63, 3.8) is 0 Å². The van der Waals surface area contributed by atoms with Crippen LogP contribution < -0.4 is 16.2 Å². The van der Waals surface area contributed by atoms with Crippen LogP contribution in [0.15, 0.2) is 30.3 Å². The Hall–Kier alpha value is -2.55. The van der Waals surface area contributed by atoms with Gasteiger partial charge in [-0.15, -0.1) is 10.2 Å². The zero-order valence-electron chi connectivity index (χ0n) is 14.7. The number of carbonyl (C=O) groups is 1. The molecule has 2 aromatic rings. The number of hydrogen-bond acceptors (Lipinski definition) is 5. The van der Waals surface area contributed by atoms with Crippen molar-refractivity contribution in [1.82, 2.24) is 36.4 Å². The van der Waals surface area contributed by atoms with E-state index in [1.807, 2.05) is 30.3 Å². The van der Waals surface area contributed by atoms with Crippen molar-refractivity contribution in [2.24, 2.45) is 5.92 Å². The molecule has 0 aliphatic heterocycles. The Morgan fingerprint density at radius 2 is 2.00 bits per heavy atom. The summed E-state index contributed by atoms with van der Waals surface area (Å²) < 4.78 is 0. The van der Waals surface area contributed by atoms with Crippen LogP contribution in [0.5, 0.6) is 0 Å². The quantitative estimate of drug-likeness (QED) is 0.551. The lowest BCUT2D eigenvalue weighted by atomic mass is 9.86. The maximum absolute atomic E-state index is 12.0. The number of thiocarbonyl (C=S) groups is 1. The average Bonchev–Trinajstić information content (AvgIpc) is 3.11. The summed E-state index contributed by atoms with van der Waals surface area (Å²) in [7, 11) is 0. The first kappa shape index (κ1) is 18.2. The molecule has 138 valence electrons. The number of nitrogens with one attached hydrogen (secondary N) is 3. The van der Waals surface area contributed by atoms with E-state index in [-0.39, 0.29) is 12.5 Å². The van der Waals surface area contributed by atoms with Crippen LogP contribution in [0.4, 0.5) is 0 Å². The number of hydrogen-bond donors (Lipinski definition) is 3. The normalized spacial score (nSPS) is 19.6. The number of carbonyl (C=O) groups excluding carboxylic acids is 1. The largest absolute Gasteiger partial charge is 0.358 e. The molecule has 9 heteroatoms. The summed E-state index contributed by atoms with van der Waals surface area (Å²) in [4.78, 5) is 13.3. The van der Waals surface area contributed by atoms with E-state index < -0.39 is 0 Å². The van der Waals surface area contributed by atoms with Gasteiger partial charge in [-0.1, -0.05) is 50.1 Å². The first-order valence-corrected chi connectivity index (χ1v) is 9.21. The highest BCUT2D eigenvalue weighted by Crippen LogP contribution is 2.23. The minimum atomic E-state index is -0.303. The number of hydrazine groups is 1. The highest BCUT2D eigenvalue weighted by molar-refractivity contribution is 7.80. The van der Waals surface area contributed by atoms with Gasteiger partial charge < -0.3 is 5.32 Å². The van der Waals surface area contributed by atoms with Gasteiger partial charge in [0.15, 0.2) is 5.11 Å². The monoisotopic (exact) mass is 373 g/mol. The van der Waals surface area contributed by atoms with Crippen LogP contribution in [-0.2, 0) is 11.3 Å². The maximum Gasteiger partial charge on any atom is 0.262 e. The second-order valence-electron chi connectivity index (χ2n) is 6.52. The van der Waals surface area contributed by atoms with Gasteiger partial charge in [0.05, 0.1) is 0 Å². The third kappa shape index (κ3) is 4.98. The van der Waals surface area contributed by atoms with Crippen LogP contribution in [0.3, 0.4) is 0 Å². The van der Waals surface area contributed by atoms with Crippen molar-refractivity contribution in [2.45, 2.75) is 45.2 Å². The smallest absolute Gasteiger partial charge is 0.262 e. The Morgan fingerprint density at radius 1 is 1.23 bits per heavy atom. The number of tetrazole rings is 1. The topological polar surface area (TPSA) is 96.8 Å². The van der Waals surface area contributed by atoms with Crippen LogP contribution in [0.25, 0.3) is 11.4 Å². The predicted molar refractivity (Wildman–Crippen MR) is 102 cm³/mol. The molecule has 2 atom stereocenters. The molecule has 3 N–H and O–H groups in total. The fourth-order valence-electron chi connectivity index (χ4n) is 3.04. The van der Waals surface area contributed by atoms with E-state index in [9.17, 15) is 4.79 Å². The molecular weight excluding hydrogens is 350 g/mol. The zero-order valence-corrected chi connectivity index (χ0v) is 15.5. The molecular formula is C17H23N7OS. The number of benzene rings is 1. The summed E-state index contributed by atoms with van der Waals surface area (Å²) in [5.41, 5.74) is 6.15. The third-order valence-corrected chi connectivity index (χ3v) is 4.73. The molecule has 1 heterocycles. The van der Waals surface area contributed by atoms with Crippen molar-refractivity contribution < 1.29 is 4.79 Å². The molecule has 1 fully saturated rings. The summed E-state index contributed by atoms with van der Waals surface area (Å²) in [6.45, 7) is 2.17. The molecule has 1 saturated carbocycles. The van der Waals surface area contributed by atoms with E-state index in [1.54, 1.807) is 0 Å². The number of aromatic nitrogens is 4. The van der Waals surface area contributed by atoms with Gasteiger partial charge in [0, 0.05) is 11.6 Å². The van der Waals surface area contributed by atoms with Crippen molar-refractivity contribution in [3.05, 3.63) is 30.3 Å². The van der Waals surface area contributed by atoms with Crippen molar-refractivity contribution in [2.75, 3.05) is 0 Å². The first-order valence-electron chi connectivity index (χ1n) is 8.80. The first-order chi connectivity index (χ1) is 12.6. The maximum atomic E-state index is 12.0. The summed E-state index contributed by atoms with van der Waals surface area (Å²) in [6.07, 6.45) is 4.78. The van der Waals surface area contributed by atoms with Gasteiger partial charge in [-0.25, -0.2) is 0 Å². The molecule has 26 heavy (non-hydrogen) atoms. The van der Waals surface area contributed by atoms with E-state index in [1.165, 1.54) is 24.1 Å². The van der Waals surface area contributed by atoms with Crippen molar-refractivity contribution >= 4 is 23.2 Å². The number of amides is 1. The Labute approximate surface area is 157 Å². The van der Waals surface area contributed by atoms with Crippen LogP contribution in [0.1, 0.15) is 32.6 Å². The highest BCUT2D eigenvalue weighted by atomic mass is 32.1. The summed E-state index contributed by atoms with van der Waals surface area (Å²) in [6, 6.07) is 9.84. The molecule has 1 amide bonds. The van der Waals surface area contributed by atoms with E-state index in [0.29, 0.717) is 22.9 Å². The standard InChI is InChI=1S/C17H23N7OS/c1-12-7-5-6-10-14(12)18-17(26)21-19-15(25)11-24-22-16(20-23-24)13-8-3-2-4-9-13/h2-4,8-9,12,14H,5-7,10-11H2,1H3,(H,19,25)(H2,18,21,26)/t12-,14-/m1/s1. The minimum Gasteiger partial charge on any atom is -0.358 e. The van der Waals surface area contributed by atoms with Crippen LogP contribution in [0.2, 0.25) is 0 Å². The molecule has 0 saturated heterocycles. The average molecular weight is 373 g/mol. The molecule has 0 unspecified atom stereocenters. The minimum absolute atomic E-state index is 0.0464. The van der Waals surface area contributed by atoms with Gasteiger partial charge >= 0.3 is 0 Å².